The molecule has 0 amide bonds. The van der Waals surface area contributed by atoms with E-state index >= 15 is 0 Å². The SMILES string of the molecule is CC(C)(C)NC(CCCc1ccc(F)cc1F)C(=O)C(C)(C)C. The summed E-state index contributed by atoms with van der Waals surface area (Å²) in [6, 6.07) is 3.38. The predicted octanol–water partition coefficient (Wildman–Crippen LogP) is 4.66. The first-order chi connectivity index (χ1) is 10.4. The van der Waals surface area contributed by atoms with Gasteiger partial charge in [0.2, 0.25) is 0 Å². The Bertz CT molecular complexity index is 541. The van der Waals surface area contributed by atoms with Gasteiger partial charge >= 0.3 is 0 Å². The Labute approximate surface area is 138 Å². The van der Waals surface area contributed by atoms with Gasteiger partial charge in [0.25, 0.3) is 0 Å². The summed E-state index contributed by atoms with van der Waals surface area (Å²) < 4.78 is 26.6. The van der Waals surface area contributed by atoms with Crippen molar-refractivity contribution in [3.8, 4) is 0 Å². The highest BCUT2D eigenvalue weighted by atomic mass is 19.1. The number of aryl methyl sites for hydroxylation is 1. The molecule has 0 saturated heterocycles. The van der Waals surface area contributed by atoms with E-state index in [1.54, 1.807) is 0 Å². The van der Waals surface area contributed by atoms with Crippen LogP contribution in [0.15, 0.2) is 18.2 Å². The van der Waals surface area contributed by atoms with Crippen LogP contribution < -0.4 is 5.32 Å². The maximum absolute atomic E-state index is 13.7. The lowest BCUT2D eigenvalue weighted by atomic mass is 9.83. The number of nitrogens with one attached hydrogen (secondary N) is 1. The van der Waals surface area contributed by atoms with Crippen LogP contribution in [-0.2, 0) is 11.2 Å². The van der Waals surface area contributed by atoms with E-state index in [9.17, 15) is 13.6 Å². The van der Waals surface area contributed by atoms with Crippen LogP contribution in [-0.4, -0.2) is 17.4 Å². The fourth-order valence-corrected chi connectivity index (χ4v) is 2.54. The van der Waals surface area contributed by atoms with Crippen molar-refractivity contribution in [2.24, 2.45) is 5.41 Å². The molecule has 1 unspecified atom stereocenters. The van der Waals surface area contributed by atoms with Crippen molar-refractivity contribution in [2.45, 2.75) is 72.4 Å². The first kappa shape index (κ1) is 19.8. The number of ketones is 1. The average molecular weight is 325 g/mol. The fraction of sp³-hybridized carbons (Fsp3) is 0.632. The highest BCUT2D eigenvalue weighted by Crippen LogP contribution is 2.22. The highest BCUT2D eigenvalue weighted by molar-refractivity contribution is 5.88. The molecule has 0 aliphatic rings. The number of rotatable bonds is 6. The molecule has 1 rings (SSSR count). The average Bonchev–Trinajstić information content (AvgIpc) is 2.36. The molecular formula is C19H29F2NO. The lowest BCUT2D eigenvalue weighted by Crippen LogP contribution is -2.50. The van der Waals surface area contributed by atoms with Crippen LogP contribution in [0.2, 0.25) is 0 Å². The van der Waals surface area contributed by atoms with Crippen molar-refractivity contribution in [1.29, 1.82) is 0 Å². The third-order valence-electron chi connectivity index (χ3n) is 3.62. The van der Waals surface area contributed by atoms with Crippen LogP contribution in [0.1, 0.15) is 59.9 Å². The van der Waals surface area contributed by atoms with Gasteiger partial charge < -0.3 is 5.32 Å². The summed E-state index contributed by atoms with van der Waals surface area (Å²) in [5, 5.41) is 3.37. The summed E-state index contributed by atoms with van der Waals surface area (Å²) in [5.74, 6) is -0.930. The van der Waals surface area contributed by atoms with Gasteiger partial charge in [0.1, 0.15) is 11.6 Å². The molecule has 0 aromatic heterocycles. The van der Waals surface area contributed by atoms with Gasteiger partial charge in [-0.3, -0.25) is 4.79 Å². The van der Waals surface area contributed by atoms with Gasteiger partial charge in [-0.1, -0.05) is 26.8 Å². The Morgan fingerprint density at radius 2 is 1.74 bits per heavy atom. The number of carbonyl (C=O) groups excluding carboxylic acids is 1. The van der Waals surface area contributed by atoms with Crippen LogP contribution in [0, 0.1) is 17.0 Å². The summed E-state index contributed by atoms with van der Waals surface area (Å²) in [5.41, 5.74) is -0.111. The van der Waals surface area contributed by atoms with Crippen molar-refractivity contribution < 1.29 is 13.6 Å². The van der Waals surface area contributed by atoms with E-state index in [-0.39, 0.29) is 17.4 Å². The van der Waals surface area contributed by atoms with Crippen LogP contribution >= 0.6 is 0 Å². The molecule has 0 saturated carbocycles. The Kier molecular flexibility index (Phi) is 6.46. The molecule has 0 aliphatic heterocycles. The monoisotopic (exact) mass is 325 g/mol. The lowest BCUT2D eigenvalue weighted by Gasteiger charge is -2.32. The van der Waals surface area contributed by atoms with E-state index in [1.807, 2.05) is 41.5 Å². The Hall–Kier alpha value is -1.29. The summed E-state index contributed by atoms with van der Waals surface area (Å²) >= 11 is 0. The highest BCUT2D eigenvalue weighted by Gasteiger charge is 2.31. The second-order valence-corrected chi connectivity index (χ2v) is 8.19. The maximum atomic E-state index is 13.7. The number of carbonyl (C=O) groups is 1. The summed E-state index contributed by atoms with van der Waals surface area (Å²) in [4.78, 5) is 12.6. The van der Waals surface area contributed by atoms with Gasteiger partial charge in [0, 0.05) is 17.0 Å². The Balaban J connectivity index is 2.72. The van der Waals surface area contributed by atoms with Crippen molar-refractivity contribution in [3.63, 3.8) is 0 Å². The second-order valence-electron chi connectivity index (χ2n) is 8.19. The number of benzene rings is 1. The molecule has 0 bridgehead atoms. The zero-order valence-electron chi connectivity index (χ0n) is 15.1. The van der Waals surface area contributed by atoms with Crippen molar-refractivity contribution in [1.82, 2.24) is 5.32 Å². The van der Waals surface area contributed by atoms with Gasteiger partial charge in [-0.25, -0.2) is 8.78 Å². The summed E-state index contributed by atoms with van der Waals surface area (Å²) in [6.07, 6.45) is 1.79. The smallest absolute Gasteiger partial charge is 0.155 e. The molecule has 1 aromatic carbocycles. The topological polar surface area (TPSA) is 29.1 Å². The number of hydrogen-bond acceptors (Lipinski definition) is 2. The quantitative estimate of drug-likeness (QED) is 0.824. The fourth-order valence-electron chi connectivity index (χ4n) is 2.54. The normalized spacial score (nSPS) is 13.9. The van der Waals surface area contributed by atoms with Gasteiger partial charge in [-0.05, 0) is 51.7 Å². The first-order valence-electron chi connectivity index (χ1n) is 8.16. The minimum absolute atomic E-state index is 0.159. The molecule has 0 fully saturated rings. The zero-order chi connectivity index (χ0) is 17.8. The Morgan fingerprint density at radius 3 is 2.22 bits per heavy atom. The van der Waals surface area contributed by atoms with E-state index in [1.165, 1.54) is 12.1 Å². The lowest BCUT2D eigenvalue weighted by molar-refractivity contribution is -0.129. The number of halogens is 2. The third-order valence-corrected chi connectivity index (χ3v) is 3.62. The largest absolute Gasteiger partial charge is 0.303 e. The molecule has 2 nitrogen and oxygen atoms in total. The van der Waals surface area contributed by atoms with E-state index in [4.69, 9.17) is 0 Å². The molecule has 0 spiro atoms. The van der Waals surface area contributed by atoms with Crippen molar-refractivity contribution in [3.05, 3.63) is 35.4 Å². The maximum Gasteiger partial charge on any atom is 0.155 e. The van der Waals surface area contributed by atoms with E-state index in [0.29, 0.717) is 24.8 Å². The number of Topliss-reactive ketones (excluding diaryl/α,β-unsaturated/α-hetero) is 1. The molecular weight excluding hydrogens is 296 g/mol. The molecule has 130 valence electrons. The molecule has 1 N–H and O–H groups in total. The van der Waals surface area contributed by atoms with Crippen LogP contribution in [0.5, 0.6) is 0 Å². The zero-order valence-corrected chi connectivity index (χ0v) is 15.1. The summed E-state index contributed by atoms with van der Waals surface area (Å²) in [6.45, 7) is 11.8. The van der Waals surface area contributed by atoms with Crippen LogP contribution in [0.4, 0.5) is 8.78 Å². The minimum Gasteiger partial charge on any atom is -0.303 e. The van der Waals surface area contributed by atoms with Crippen molar-refractivity contribution in [2.75, 3.05) is 0 Å². The van der Waals surface area contributed by atoms with E-state index < -0.39 is 17.0 Å². The Morgan fingerprint density at radius 1 is 1.13 bits per heavy atom. The molecule has 1 aromatic rings. The van der Waals surface area contributed by atoms with E-state index in [0.717, 1.165) is 6.07 Å². The molecule has 0 radical (unpaired) electrons. The summed E-state index contributed by atoms with van der Waals surface area (Å²) in [7, 11) is 0. The first-order valence-corrected chi connectivity index (χ1v) is 8.16. The third kappa shape index (κ3) is 6.78. The minimum atomic E-state index is -0.568. The van der Waals surface area contributed by atoms with Gasteiger partial charge in [-0.2, -0.15) is 0 Å². The number of hydrogen-bond donors (Lipinski definition) is 1. The van der Waals surface area contributed by atoms with E-state index in [2.05, 4.69) is 5.32 Å². The van der Waals surface area contributed by atoms with Crippen LogP contribution in [0.3, 0.4) is 0 Å². The second kappa shape index (κ2) is 7.52. The van der Waals surface area contributed by atoms with Gasteiger partial charge in [-0.15, -0.1) is 0 Å². The molecule has 4 heteroatoms. The molecule has 0 aliphatic carbocycles. The molecule has 1 atom stereocenters. The van der Waals surface area contributed by atoms with Crippen LogP contribution in [0.25, 0.3) is 0 Å². The van der Waals surface area contributed by atoms with Gasteiger partial charge in [0.15, 0.2) is 5.78 Å². The van der Waals surface area contributed by atoms with Gasteiger partial charge in [0.05, 0.1) is 6.04 Å². The van der Waals surface area contributed by atoms with Crippen molar-refractivity contribution >= 4 is 5.78 Å². The molecule has 23 heavy (non-hydrogen) atoms. The predicted molar refractivity (Wildman–Crippen MR) is 90.4 cm³/mol. The molecule has 0 heterocycles. The standard InChI is InChI=1S/C19H29F2NO/c1-18(2,3)17(23)16(22-19(4,5)6)9-7-8-13-10-11-14(20)12-15(13)21/h10-12,16,22H,7-9H2,1-6H3.